The molecule has 2 aliphatic rings. The lowest BCUT2D eigenvalue weighted by Gasteiger charge is -2.45. The van der Waals surface area contributed by atoms with Crippen LogP contribution in [0.25, 0.3) is 0 Å². The van der Waals surface area contributed by atoms with Crippen LogP contribution in [0.3, 0.4) is 0 Å². The first-order chi connectivity index (χ1) is 15.7. The van der Waals surface area contributed by atoms with Gasteiger partial charge >= 0.3 is 0 Å². The first kappa shape index (κ1) is 23.1. The summed E-state index contributed by atoms with van der Waals surface area (Å²) in [5.74, 6) is 0.108. The largest absolute Gasteiger partial charge is 0.497 e. The first-order valence-corrected chi connectivity index (χ1v) is 12.2. The first-order valence-electron chi connectivity index (χ1n) is 10.8. The van der Waals surface area contributed by atoms with E-state index in [9.17, 15) is 18.0 Å². The minimum atomic E-state index is -3.70. The van der Waals surface area contributed by atoms with Crippen molar-refractivity contribution in [3.63, 3.8) is 0 Å². The highest BCUT2D eigenvalue weighted by molar-refractivity contribution is 7.89. The average molecular weight is 473 g/mol. The van der Waals surface area contributed by atoms with Crippen molar-refractivity contribution < 1.29 is 22.7 Å². The zero-order chi connectivity index (χ0) is 23.8. The molecule has 0 spiro atoms. The summed E-state index contributed by atoms with van der Waals surface area (Å²) in [6.45, 7) is 0.503. The molecule has 0 saturated carbocycles. The van der Waals surface area contributed by atoms with Crippen LogP contribution < -0.4 is 19.9 Å². The minimum Gasteiger partial charge on any atom is -0.497 e. The lowest BCUT2D eigenvalue weighted by molar-refractivity contribution is -0.123. The van der Waals surface area contributed by atoms with Crippen molar-refractivity contribution >= 4 is 38.9 Å². The van der Waals surface area contributed by atoms with Crippen molar-refractivity contribution in [2.24, 2.45) is 0 Å². The molecule has 2 aliphatic heterocycles. The molecule has 1 atom stereocenters. The Balaban J connectivity index is 1.67. The van der Waals surface area contributed by atoms with Gasteiger partial charge < -0.3 is 15.0 Å². The summed E-state index contributed by atoms with van der Waals surface area (Å²) < 4.78 is 31.7. The Morgan fingerprint density at radius 3 is 2.52 bits per heavy atom. The lowest BCUT2D eigenvalue weighted by atomic mass is 9.96. The second-order valence-electron chi connectivity index (χ2n) is 8.34. The van der Waals surface area contributed by atoms with Crippen LogP contribution in [0.15, 0.2) is 47.4 Å². The fraction of sp³-hybridized carbons (Fsp3) is 0.391. The van der Waals surface area contributed by atoms with E-state index in [1.165, 1.54) is 25.1 Å². The Morgan fingerprint density at radius 1 is 1.12 bits per heavy atom. The number of hydrogen-bond donors (Lipinski definition) is 1. The molecule has 33 heavy (non-hydrogen) atoms. The van der Waals surface area contributed by atoms with E-state index in [0.717, 1.165) is 29.4 Å². The number of piperidine rings is 1. The molecule has 2 amide bonds. The number of anilines is 3. The van der Waals surface area contributed by atoms with Crippen LogP contribution in [-0.4, -0.2) is 64.9 Å². The van der Waals surface area contributed by atoms with Gasteiger partial charge in [-0.2, -0.15) is 0 Å². The molecular weight excluding hydrogens is 444 g/mol. The highest BCUT2D eigenvalue weighted by Crippen LogP contribution is 2.40. The number of amides is 2. The molecule has 10 heteroatoms. The smallest absolute Gasteiger partial charge is 0.250 e. The average Bonchev–Trinajstić information content (AvgIpc) is 2.81. The molecule has 1 N–H and O–H groups in total. The molecule has 0 bridgehead atoms. The van der Waals surface area contributed by atoms with Gasteiger partial charge in [0.15, 0.2) is 0 Å². The van der Waals surface area contributed by atoms with Gasteiger partial charge in [-0.25, -0.2) is 12.7 Å². The normalized spacial score (nSPS) is 18.1. The summed E-state index contributed by atoms with van der Waals surface area (Å²) in [4.78, 5) is 29.8. The molecule has 1 fully saturated rings. The summed E-state index contributed by atoms with van der Waals surface area (Å²) in [5, 5.41) is 2.80. The second kappa shape index (κ2) is 9.03. The van der Waals surface area contributed by atoms with Gasteiger partial charge in [0.2, 0.25) is 21.8 Å². The van der Waals surface area contributed by atoms with Gasteiger partial charge in [0.05, 0.1) is 23.4 Å². The molecule has 176 valence electrons. The fourth-order valence-electron chi connectivity index (χ4n) is 4.29. The maximum absolute atomic E-state index is 13.4. The van der Waals surface area contributed by atoms with Crippen molar-refractivity contribution in [2.45, 2.75) is 30.2 Å². The van der Waals surface area contributed by atoms with Crippen LogP contribution in [0.4, 0.5) is 17.1 Å². The van der Waals surface area contributed by atoms with Gasteiger partial charge in [-0.1, -0.05) is 0 Å². The third-order valence-corrected chi connectivity index (χ3v) is 7.87. The van der Waals surface area contributed by atoms with E-state index in [-0.39, 0.29) is 29.3 Å². The predicted octanol–water partition coefficient (Wildman–Crippen LogP) is 2.29. The van der Waals surface area contributed by atoms with E-state index in [0.29, 0.717) is 23.5 Å². The number of carbonyl (C=O) groups excluding carboxylic acids is 2. The van der Waals surface area contributed by atoms with E-state index < -0.39 is 10.0 Å². The molecule has 0 radical (unpaired) electrons. The van der Waals surface area contributed by atoms with Crippen molar-refractivity contribution in [3.8, 4) is 5.75 Å². The molecule has 2 aromatic rings. The molecule has 1 saturated heterocycles. The van der Waals surface area contributed by atoms with E-state index in [1.807, 2.05) is 4.90 Å². The maximum Gasteiger partial charge on any atom is 0.250 e. The standard InChI is InChI=1S/C23H28N4O5S/c1-25(2)33(30,31)18-11-12-19-21(14-18)27(23(29)20-6-4-5-13-26(19)20)15-22(28)24-16-7-9-17(32-3)10-8-16/h7-12,14,20H,4-6,13,15H2,1-3H3,(H,24,28)/t20-/m1/s1. The van der Waals surface area contributed by atoms with Crippen LogP contribution in [0.1, 0.15) is 19.3 Å². The third kappa shape index (κ3) is 4.40. The molecule has 2 aromatic carbocycles. The SMILES string of the molecule is COc1ccc(NC(=O)CN2C(=O)[C@H]3CCCCN3c3ccc(S(=O)(=O)N(C)C)cc32)cc1. The number of nitrogens with one attached hydrogen (secondary N) is 1. The number of nitrogens with zero attached hydrogens (tertiary/aromatic N) is 3. The molecule has 0 aromatic heterocycles. The molecule has 0 unspecified atom stereocenters. The number of benzene rings is 2. The number of fused-ring (bicyclic) bond motifs is 3. The minimum absolute atomic E-state index is 0.0788. The number of sulfonamides is 1. The Hall–Kier alpha value is -3.11. The van der Waals surface area contributed by atoms with Gasteiger partial charge in [0.25, 0.3) is 0 Å². The van der Waals surface area contributed by atoms with Crippen LogP contribution in [0.2, 0.25) is 0 Å². The van der Waals surface area contributed by atoms with E-state index >= 15 is 0 Å². The van der Waals surface area contributed by atoms with Crippen molar-refractivity contribution in [1.82, 2.24) is 4.31 Å². The third-order valence-electron chi connectivity index (χ3n) is 6.06. The Kier molecular flexibility index (Phi) is 6.31. The highest BCUT2D eigenvalue weighted by Gasteiger charge is 2.40. The Morgan fingerprint density at radius 2 is 1.85 bits per heavy atom. The number of rotatable bonds is 6. The number of ether oxygens (including phenoxy) is 1. The topological polar surface area (TPSA) is 99.3 Å². The summed E-state index contributed by atoms with van der Waals surface area (Å²) in [6, 6.07) is 11.3. The summed E-state index contributed by atoms with van der Waals surface area (Å²) in [7, 11) is 0.780. The van der Waals surface area contributed by atoms with E-state index in [1.54, 1.807) is 43.5 Å². The van der Waals surface area contributed by atoms with Crippen molar-refractivity contribution in [1.29, 1.82) is 0 Å². The van der Waals surface area contributed by atoms with Crippen LogP contribution in [0, 0.1) is 0 Å². The number of carbonyl (C=O) groups is 2. The molecule has 0 aliphatic carbocycles. The summed E-state index contributed by atoms with van der Waals surface area (Å²) in [5.41, 5.74) is 1.79. The quantitative estimate of drug-likeness (QED) is 0.693. The number of methoxy groups -OCH3 is 1. The predicted molar refractivity (Wildman–Crippen MR) is 126 cm³/mol. The zero-order valence-electron chi connectivity index (χ0n) is 18.9. The zero-order valence-corrected chi connectivity index (χ0v) is 19.8. The maximum atomic E-state index is 13.4. The summed E-state index contributed by atoms with van der Waals surface area (Å²) in [6.07, 6.45) is 2.59. The van der Waals surface area contributed by atoms with Gasteiger partial charge in [-0.15, -0.1) is 0 Å². The molecule has 9 nitrogen and oxygen atoms in total. The van der Waals surface area contributed by atoms with Gasteiger partial charge in [0, 0.05) is 26.3 Å². The van der Waals surface area contributed by atoms with E-state index in [4.69, 9.17) is 4.74 Å². The Bertz CT molecular complexity index is 1160. The fourth-order valence-corrected chi connectivity index (χ4v) is 5.21. The van der Waals surface area contributed by atoms with Crippen LogP contribution >= 0.6 is 0 Å². The van der Waals surface area contributed by atoms with E-state index in [2.05, 4.69) is 5.32 Å². The monoisotopic (exact) mass is 472 g/mol. The van der Waals surface area contributed by atoms with Crippen molar-refractivity contribution in [3.05, 3.63) is 42.5 Å². The number of hydrogen-bond acceptors (Lipinski definition) is 6. The lowest BCUT2D eigenvalue weighted by Crippen LogP contribution is -2.56. The highest BCUT2D eigenvalue weighted by atomic mass is 32.2. The van der Waals surface area contributed by atoms with Gasteiger partial charge in [-0.05, 0) is 61.7 Å². The molecule has 4 rings (SSSR count). The molecule has 2 heterocycles. The van der Waals surface area contributed by atoms with Crippen molar-refractivity contribution in [2.75, 3.05) is 49.4 Å². The Labute approximate surface area is 194 Å². The van der Waals surface area contributed by atoms with Crippen LogP contribution in [0.5, 0.6) is 5.75 Å². The van der Waals surface area contributed by atoms with Gasteiger partial charge in [-0.3, -0.25) is 14.5 Å². The molecular formula is C23H28N4O5S. The van der Waals surface area contributed by atoms with Gasteiger partial charge in [0.1, 0.15) is 18.3 Å². The summed E-state index contributed by atoms with van der Waals surface area (Å²) >= 11 is 0. The van der Waals surface area contributed by atoms with Crippen LogP contribution in [-0.2, 0) is 19.6 Å². The second-order valence-corrected chi connectivity index (χ2v) is 10.5.